The second-order valence-electron chi connectivity index (χ2n) is 2.77. The third-order valence-electron chi connectivity index (χ3n) is 1.52. The summed E-state index contributed by atoms with van der Waals surface area (Å²) in [6.45, 7) is 1.54. The van der Waals surface area contributed by atoms with Gasteiger partial charge in [-0.3, -0.25) is 0 Å². The first kappa shape index (κ1) is 12.6. The molecule has 0 N–H and O–H groups in total. The zero-order valence-corrected chi connectivity index (χ0v) is 6.97. The van der Waals surface area contributed by atoms with Crippen LogP contribution in [0.1, 0.15) is 26.2 Å². The Hall–Kier alpha value is -0.420. The van der Waals surface area contributed by atoms with E-state index in [0.717, 1.165) is 0 Å². The lowest BCUT2D eigenvalue weighted by atomic mass is 10.1. The van der Waals surface area contributed by atoms with Crippen LogP contribution in [-0.4, -0.2) is 18.3 Å². The lowest BCUT2D eigenvalue weighted by molar-refractivity contribution is -0.245. The zero-order valence-electron chi connectivity index (χ0n) is 6.97. The Morgan fingerprint density at radius 2 is 1.54 bits per heavy atom. The molecular formula is C7H10F6. The molecule has 80 valence electrons. The molecule has 0 heterocycles. The van der Waals surface area contributed by atoms with Gasteiger partial charge in [0.2, 0.25) is 0 Å². The Balaban J connectivity index is 4.27. The molecule has 1 unspecified atom stereocenters. The second-order valence-corrected chi connectivity index (χ2v) is 2.77. The molecule has 0 aromatic carbocycles. The van der Waals surface area contributed by atoms with Crippen molar-refractivity contribution in [1.29, 1.82) is 0 Å². The molecular weight excluding hydrogens is 198 g/mol. The third-order valence-corrected chi connectivity index (χ3v) is 1.52. The summed E-state index contributed by atoms with van der Waals surface area (Å²) in [6.07, 6.45) is -10.4. The van der Waals surface area contributed by atoms with E-state index in [2.05, 4.69) is 0 Å². The molecule has 0 radical (unpaired) electrons. The smallest absolute Gasteiger partial charge is 0.231 e. The largest absolute Gasteiger partial charge is 0.425 e. The van der Waals surface area contributed by atoms with Crippen LogP contribution in [0.15, 0.2) is 0 Å². The minimum Gasteiger partial charge on any atom is -0.231 e. The summed E-state index contributed by atoms with van der Waals surface area (Å²) in [7, 11) is 0. The predicted octanol–water partition coefficient (Wildman–Crippen LogP) is 3.71. The second kappa shape index (κ2) is 4.19. The lowest BCUT2D eigenvalue weighted by Gasteiger charge is -2.22. The molecule has 6 heteroatoms. The van der Waals surface area contributed by atoms with Crippen LogP contribution in [0.3, 0.4) is 0 Å². The van der Waals surface area contributed by atoms with Crippen molar-refractivity contribution < 1.29 is 26.3 Å². The number of halogens is 6. The highest BCUT2D eigenvalue weighted by molar-refractivity contribution is 4.82. The van der Waals surface area contributed by atoms with Crippen molar-refractivity contribution in [3.8, 4) is 0 Å². The van der Waals surface area contributed by atoms with E-state index in [1.807, 2.05) is 0 Å². The highest BCUT2D eigenvalue weighted by atomic mass is 19.4. The van der Waals surface area contributed by atoms with E-state index < -0.39 is 24.7 Å². The SMILES string of the molecule is CCCCC(F)(F)C(F)C(F)(F)F. The van der Waals surface area contributed by atoms with E-state index in [1.165, 1.54) is 6.92 Å². The summed E-state index contributed by atoms with van der Waals surface area (Å²) < 4.78 is 71.5. The lowest BCUT2D eigenvalue weighted by Crippen LogP contribution is -2.41. The van der Waals surface area contributed by atoms with Gasteiger partial charge in [-0.15, -0.1) is 0 Å². The molecule has 0 aliphatic rings. The van der Waals surface area contributed by atoms with Crippen molar-refractivity contribution in [3.05, 3.63) is 0 Å². The fourth-order valence-corrected chi connectivity index (χ4v) is 0.779. The maximum Gasteiger partial charge on any atom is 0.425 e. The summed E-state index contributed by atoms with van der Waals surface area (Å²) in [5.74, 6) is -4.30. The van der Waals surface area contributed by atoms with Gasteiger partial charge >= 0.3 is 6.18 Å². The molecule has 0 saturated carbocycles. The molecule has 0 aromatic heterocycles. The Morgan fingerprint density at radius 3 is 1.85 bits per heavy atom. The number of rotatable bonds is 4. The first-order chi connectivity index (χ1) is 5.72. The van der Waals surface area contributed by atoms with Crippen LogP contribution in [0.25, 0.3) is 0 Å². The summed E-state index contributed by atoms with van der Waals surface area (Å²) >= 11 is 0. The van der Waals surface area contributed by atoms with E-state index in [1.54, 1.807) is 0 Å². The molecule has 0 aliphatic heterocycles. The molecule has 13 heavy (non-hydrogen) atoms. The summed E-state index contributed by atoms with van der Waals surface area (Å²) in [4.78, 5) is 0. The Labute approximate surface area is 71.9 Å². The minimum atomic E-state index is -5.47. The minimum absolute atomic E-state index is 0.122. The summed E-state index contributed by atoms with van der Waals surface area (Å²) in [5, 5.41) is 0. The van der Waals surface area contributed by atoms with E-state index in [0.29, 0.717) is 6.42 Å². The van der Waals surface area contributed by atoms with Gasteiger partial charge in [0, 0.05) is 6.42 Å². The fraction of sp³-hybridized carbons (Fsp3) is 1.00. The molecule has 0 saturated heterocycles. The molecule has 0 rings (SSSR count). The van der Waals surface area contributed by atoms with Gasteiger partial charge in [0.25, 0.3) is 12.1 Å². The van der Waals surface area contributed by atoms with Crippen molar-refractivity contribution in [1.82, 2.24) is 0 Å². The van der Waals surface area contributed by atoms with Crippen molar-refractivity contribution >= 4 is 0 Å². The van der Waals surface area contributed by atoms with Gasteiger partial charge in [0.1, 0.15) is 0 Å². The molecule has 0 nitrogen and oxygen atoms in total. The van der Waals surface area contributed by atoms with Crippen molar-refractivity contribution in [2.45, 2.75) is 44.5 Å². The van der Waals surface area contributed by atoms with Gasteiger partial charge in [0.05, 0.1) is 0 Å². The normalized spacial score (nSPS) is 15.9. The molecule has 0 amide bonds. The van der Waals surface area contributed by atoms with E-state index in [9.17, 15) is 26.3 Å². The van der Waals surface area contributed by atoms with Crippen molar-refractivity contribution in [3.63, 3.8) is 0 Å². The summed E-state index contributed by atoms with van der Waals surface area (Å²) in [6, 6.07) is 0. The number of unbranched alkanes of at least 4 members (excludes halogenated alkanes) is 1. The average Bonchev–Trinajstić information content (AvgIpc) is 1.98. The third kappa shape index (κ3) is 3.87. The standard InChI is InChI=1S/C7H10F6/c1-2-3-4-6(9,10)5(8)7(11,12)13/h5H,2-4H2,1H3. The first-order valence-electron chi connectivity index (χ1n) is 3.80. The van der Waals surface area contributed by atoms with Crippen molar-refractivity contribution in [2.75, 3.05) is 0 Å². The summed E-state index contributed by atoms with van der Waals surface area (Å²) in [5.41, 5.74) is 0. The number of hydrogen-bond acceptors (Lipinski definition) is 0. The Bertz CT molecular complexity index is 150. The topological polar surface area (TPSA) is 0 Å². The molecule has 0 spiro atoms. The molecule has 1 atom stereocenters. The average molecular weight is 208 g/mol. The van der Waals surface area contributed by atoms with Gasteiger partial charge < -0.3 is 0 Å². The highest BCUT2D eigenvalue weighted by Crippen LogP contribution is 2.37. The van der Waals surface area contributed by atoms with E-state index in [-0.39, 0.29) is 6.42 Å². The van der Waals surface area contributed by atoms with Crippen LogP contribution in [0.2, 0.25) is 0 Å². The van der Waals surface area contributed by atoms with Gasteiger partial charge in [-0.05, 0) is 6.42 Å². The van der Waals surface area contributed by atoms with Crippen LogP contribution in [-0.2, 0) is 0 Å². The molecule has 0 bridgehead atoms. The zero-order chi connectivity index (χ0) is 10.7. The van der Waals surface area contributed by atoms with Crippen LogP contribution in [0, 0.1) is 0 Å². The van der Waals surface area contributed by atoms with Crippen LogP contribution in [0.4, 0.5) is 26.3 Å². The van der Waals surface area contributed by atoms with Crippen LogP contribution in [0.5, 0.6) is 0 Å². The number of hydrogen-bond donors (Lipinski definition) is 0. The number of alkyl halides is 6. The molecule has 0 aliphatic carbocycles. The Morgan fingerprint density at radius 1 is 1.08 bits per heavy atom. The Kier molecular flexibility index (Phi) is 4.06. The maximum atomic E-state index is 12.4. The maximum absolute atomic E-state index is 12.4. The van der Waals surface area contributed by atoms with Crippen LogP contribution < -0.4 is 0 Å². The fourth-order valence-electron chi connectivity index (χ4n) is 0.779. The van der Waals surface area contributed by atoms with Crippen LogP contribution >= 0.6 is 0 Å². The highest BCUT2D eigenvalue weighted by Gasteiger charge is 2.55. The molecule has 0 aromatic rings. The van der Waals surface area contributed by atoms with Gasteiger partial charge in [-0.1, -0.05) is 13.3 Å². The predicted molar refractivity (Wildman–Crippen MR) is 35.4 cm³/mol. The quantitative estimate of drug-likeness (QED) is 0.618. The van der Waals surface area contributed by atoms with Gasteiger partial charge in [-0.2, -0.15) is 13.2 Å². The van der Waals surface area contributed by atoms with Gasteiger partial charge in [-0.25, -0.2) is 13.2 Å². The van der Waals surface area contributed by atoms with Crippen molar-refractivity contribution in [2.24, 2.45) is 0 Å². The first-order valence-corrected chi connectivity index (χ1v) is 3.80. The van der Waals surface area contributed by atoms with E-state index >= 15 is 0 Å². The molecule has 0 fully saturated rings. The van der Waals surface area contributed by atoms with Gasteiger partial charge in [0.15, 0.2) is 0 Å². The monoisotopic (exact) mass is 208 g/mol. The van der Waals surface area contributed by atoms with E-state index in [4.69, 9.17) is 0 Å².